The summed E-state index contributed by atoms with van der Waals surface area (Å²) in [6, 6.07) is 4.04. The van der Waals surface area contributed by atoms with Crippen LogP contribution in [0.15, 0.2) is 34.3 Å². The van der Waals surface area contributed by atoms with Crippen molar-refractivity contribution in [3.8, 4) is 0 Å². The van der Waals surface area contributed by atoms with Gasteiger partial charge in [-0.1, -0.05) is 11.3 Å². The third-order valence-corrected chi connectivity index (χ3v) is 4.38. The van der Waals surface area contributed by atoms with Gasteiger partial charge in [-0.15, -0.1) is 0 Å². The molecule has 22 heavy (non-hydrogen) atoms. The Balaban J connectivity index is 1.84. The van der Waals surface area contributed by atoms with Crippen molar-refractivity contribution in [1.82, 2.24) is 10.2 Å². The number of thiophene rings is 1. The molecule has 3 rings (SSSR count). The van der Waals surface area contributed by atoms with Crippen LogP contribution in [0, 0.1) is 10.1 Å². The fourth-order valence-electron chi connectivity index (χ4n) is 2.29. The third kappa shape index (κ3) is 2.15. The van der Waals surface area contributed by atoms with Crippen LogP contribution >= 0.6 is 11.3 Å². The summed E-state index contributed by atoms with van der Waals surface area (Å²) in [5.74, 6) is -0.119. The lowest BCUT2D eigenvalue weighted by atomic mass is 9.99. The molecule has 0 aliphatic carbocycles. The molecular weight excluding hydrogens is 310 g/mol. The summed E-state index contributed by atoms with van der Waals surface area (Å²) in [5, 5.41) is 14.8. The minimum absolute atomic E-state index is 0.0225. The predicted molar refractivity (Wildman–Crippen MR) is 76.1 cm³/mol. The molecular formula is C13H11N3O5S. The Morgan fingerprint density at radius 2 is 2.27 bits per heavy atom. The van der Waals surface area contributed by atoms with Crippen molar-refractivity contribution < 1.29 is 18.9 Å². The van der Waals surface area contributed by atoms with E-state index in [1.807, 2.05) is 0 Å². The molecule has 0 saturated carbocycles. The van der Waals surface area contributed by atoms with Crippen LogP contribution in [0.3, 0.4) is 0 Å². The lowest BCUT2D eigenvalue weighted by molar-refractivity contribution is -0.380. The van der Waals surface area contributed by atoms with Gasteiger partial charge in [0.15, 0.2) is 5.54 Å². The average Bonchev–Trinajstić information content (AvgIpc) is 3.17. The molecule has 114 valence electrons. The zero-order chi connectivity index (χ0) is 15.9. The highest BCUT2D eigenvalue weighted by atomic mass is 32.1. The van der Waals surface area contributed by atoms with E-state index in [4.69, 9.17) is 4.42 Å². The highest BCUT2D eigenvalue weighted by Gasteiger charge is 2.50. The second-order valence-electron chi connectivity index (χ2n) is 4.97. The monoisotopic (exact) mass is 321 g/mol. The second kappa shape index (κ2) is 4.95. The smallest absolute Gasteiger partial charge is 0.325 e. The van der Waals surface area contributed by atoms with Crippen LogP contribution in [0.2, 0.25) is 0 Å². The fraction of sp³-hybridized carbons (Fsp3) is 0.231. The standard InChI is InChI=1S/C13H11N3O5S/c1-13(9-3-2-4-21-9)11(17)15(12(18)14-13)6-8-5-10(16(19)20)22-7-8/h2-5,7H,6H2,1H3,(H,14,18)/t13-/m0/s1. The maximum Gasteiger partial charge on any atom is 0.325 e. The van der Waals surface area contributed by atoms with Gasteiger partial charge in [0.2, 0.25) is 0 Å². The molecule has 8 nitrogen and oxygen atoms in total. The molecule has 1 aliphatic heterocycles. The highest BCUT2D eigenvalue weighted by Crippen LogP contribution is 2.31. The van der Waals surface area contributed by atoms with E-state index in [9.17, 15) is 19.7 Å². The van der Waals surface area contributed by atoms with Crippen LogP contribution in [0.25, 0.3) is 0 Å². The summed E-state index contributed by atoms with van der Waals surface area (Å²) < 4.78 is 5.22. The number of carbonyl (C=O) groups excluding carboxylic acids is 2. The first-order chi connectivity index (χ1) is 10.4. The first-order valence-electron chi connectivity index (χ1n) is 6.32. The third-order valence-electron chi connectivity index (χ3n) is 3.45. The Hall–Kier alpha value is -2.68. The van der Waals surface area contributed by atoms with E-state index in [0.717, 1.165) is 16.2 Å². The summed E-state index contributed by atoms with van der Waals surface area (Å²) in [5.41, 5.74) is -0.730. The molecule has 0 bridgehead atoms. The SMILES string of the molecule is C[C@@]1(c2ccco2)NC(=O)N(Cc2csc([N+](=O)[O-])c2)C1=O. The van der Waals surface area contributed by atoms with Crippen LogP contribution in [0.4, 0.5) is 9.80 Å². The number of hydrogen-bond donors (Lipinski definition) is 1. The van der Waals surface area contributed by atoms with Crippen LogP contribution in [0.5, 0.6) is 0 Å². The largest absolute Gasteiger partial charge is 0.466 e. The van der Waals surface area contributed by atoms with E-state index in [1.54, 1.807) is 24.4 Å². The zero-order valence-electron chi connectivity index (χ0n) is 11.4. The van der Waals surface area contributed by atoms with Crippen LogP contribution in [0.1, 0.15) is 18.2 Å². The maximum atomic E-state index is 12.5. The number of urea groups is 1. The van der Waals surface area contributed by atoms with E-state index in [1.165, 1.54) is 12.3 Å². The van der Waals surface area contributed by atoms with Gasteiger partial charge in [-0.2, -0.15) is 0 Å². The molecule has 0 spiro atoms. The number of hydrogen-bond acceptors (Lipinski definition) is 6. The number of nitrogens with zero attached hydrogens (tertiary/aromatic N) is 2. The van der Waals surface area contributed by atoms with Crippen LogP contribution in [-0.4, -0.2) is 21.8 Å². The molecule has 1 atom stereocenters. The summed E-state index contributed by atoms with van der Waals surface area (Å²) in [7, 11) is 0. The number of nitrogens with one attached hydrogen (secondary N) is 1. The molecule has 3 heterocycles. The van der Waals surface area contributed by atoms with E-state index in [-0.39, 0.29) is 11.5 Å². The van der Waals surface area contributed by atoms with Crippen LogP contribution < -0.4 is 5.32 Å². The average molecular weight is 321 g/mol. The van der Waals surface area contributed by atoms with E-state index in [2.05, 4.69) is 5.32 Å². The summed E-state index contributed by atoms with van der Waals surface area (Å²) >= 11 is 0.954. The Morgan fingerprint density at radius 3 is 2.86 bits per heavy atom. The molecule has 9 heteroatoms. The highest BCUT2D eigenvalue weighted by molar-refractivity contribution is 7.13. The number of nitro groups is 1. The van der Waals surface area contributed by atoms with Crippen molar-refractivity contribution >= 4 is 28.3 Å². The molecule has 0 radical (unpaired) electrons. The van der Waals surface area contributed by atoms with Crippen molar-refractivity contribution in [2.45, 2.75) is 19.0 Å². The zero-order valence-corrected chi connectivity index (χ0v) is 12.3. The van der Waals surface area contributed by atoms with Crippen molar-refractivity contribution in [3.63, 3.8) is 0 Å². The van der Waals surface area contributed by atoms with Gasteiger partial charge in [0.05, 0.1) is 17.7 Å². The normalized spacial score (nSPS) is 21.2. The molecule has 2 aromatic rings. The quantitative estimate of drug-likeness (QED) is 0.528. The molecule has 3 amide bonds. The molecule has 2 aromatic heterocycles. The van der Waals surface area contributed by atoms with Crippen molar-refractivity contribution in [2.24, 2.45) is 0 Å². The van der Waals surface area contributed by atoms with E-state index >= 15 is 0 Å². The molecule has 1 fully saturated rings. The number of amides is 3. The summed E-state index contributed by atoms with van der Waals surface area (Å²) in [6.45, 7) is 1.54. The van der Waals surface area contributed by atoms with Gasteiger partial charge in [-0.05, 0) is 24.6 Å². The molecule has 1 saturated heterocycles. The topological polar surface area (TPSA) is 106 Å². The lowest BCUT2D eigenvalue weighted by Crippen LogP contribution is -2.40. The Kier molecular flexibility index (Phi) is 3.21. The second-order valence-corrected chi connectivity index (χ2v) is 5.86. The lowest BCUT2D eigenvalue weighted by Gasteiger charge is -2.18. The number of imide groups is 1. The fourth-order valence-corrected chi connectivity index (χ4v) is 3.01. The Bertz CT molecular complexity index is 754. The van der Waals surface area contributed by atoms with E-state index < -0.39 is 22.4 Å². The van der Waals surface area contributed by atoms with Gasteiger partial charge in [0, 0.05) is 11.4 Å². The minimum atomic E-state index is -1.26. The molecule has 0 unspecified atom stereocenters. The number of furan rings is 1. The van der Waals surface area contributed by atoms with Gasteiger partial charge in [-0.3, -0.25) is 19.8 Å². The molecule has 1 N–H and O–H groups in total. The van der Waals surface area contributed by atoms with Gasteiger partial charge in [0.1, 0.15) is 5.76 Å². The number of rotatable bonds is 4. The minimum Gasteiger partial charge on any atom is -0.466 e. The van der Waals surface area contributed by atoms with Crippen molar-refractivity contribution in [2.75, 3.05) is 0 Å². The first-order valence-corrected chi connectivity index (χ1v) is 7.19. The summed E-state index contributed by atoms with van der Waals surface area (Å²) in [6.07, 6.45) is 1.42. The van der Waals surface area contributed by atoms with Crippen molar-refractivity contribution in [3.05, 3.63) is 51.3 Å². The first kappa shape index (κ1) is 14.3. The maximum absolute atomic E-state index is 12.5. The van der Waals surface area contributed by atoms with Gasteiger partial charge >= 0.3 is 11.0 Å². The van der Waals surface area contributed by atoms with E-state index in [0.29, 0.717) is 11.3 Å². The van der Waals surface area contributed by atoms with Gasteiger partial charge < -0.3 is 9.73 Å². The Labute approximate surface area is 128 Å². The predicted octanol–water partition coefficient (Wildman–Crippen LogP) is 2.22. The van der Waals surface area contributed by atoms with Crippen LogP contribution in [-0.2, 0) is 16.9 Å². The van der Waals surface area contributed by atoms with Crippen molar-refractivity contribution in [1.29, 1.82) is 0 Å². The Morgan fingerprint density at radius 1 is 1.50 bits per heavy atom. The summed E-state index contributed by atoms with van der Waals surface area (Å²) in [4.78, 5) is 35.8. The van der Waals surface area contributed by atoms with Gasteiger partial charge in [0.25, 0.3) is 5.91 Å². The van der Waals surface area contributed by atoms with Gasteiger partial charge in [-0.25, -0.2) is 4.79 Å². The number of carbonyl (C=O) groups is 2. The molecule has 0 aromatic carbocycles. The molecule has 1 aliphatic rings.